The first-order valence-electron chi connectivity index (χ1n) is 6.82. The smallest absolute Gasteiger partial charge is 0.311 e. The van der Waals surface area contributed by atoms with Gasteiger partial charge in [0.05, 0.1) is 12.0 Å². The number of hydrogen-bond donors (Lipinski definition) is 2. The van der Waals surface area contributed by atoms with Gasteiger partial charge in [0.2, 0.25) is 0 Å². The number of rotatable bonds is 3. The van der Waals surface area contributed by atoms with E-state index in [1.54, 1.807) is 4.90 Å². The number of morpholine rings is 1. The Morgan fingerprint density at radius 1 is 1.47 bits per heavy atom. The molecule has 0 aromatic rings. The first-order chi connectivity index (χ1) is 8.97. The van der Waals surface area contributed by atoms with Gasteiger partial charge in [-0.25, -0.2) is 0 Å². The van der Waals surface area contributed by atoms with E-state index >= 15 is 0 Å². The van der Waals surface area contributed by atoms with Crippen molar-refractivity contribution in [3.63, 3.8) is 0 Å². The van der Waals surface area contributed by atoms with E-state index in [4.69, 9.17) is 4.74 Å². The van der Waals surface area contributed by atoms with E-state index < -0.39 is 17.5 Å². The van der Waals surface area contributed by atoms with Crippen LogP contribution >= 0.6 is 0 Å². The highest BCUT2D eigenvalue weighted by Gasteiger charge is 2.49. The summed E-state index contributed by atoms with van der Waals surface area (Å²) in [5.41, 5.74) is -0.808. The zero-order valence-corrected chi connectivity index (χ0v) is 11.5. The molecule has 2 aliphatic rings. The van der Waals surface area contributed by atoms with Crippen LogP contribution in [0.5, 0.6) is 0 Å². The number of nitrogens with one attached hydrogen (secondary N) is 1. The van der Waals surface area contributed by atoms with Gasteiger partial charge in [-0.15, -0.1) is 0 Å². The van der Waals surface area contributed by atoms with Crippen molar-refractivity contribution >= 4 is 11.9 Å². The Labute approximate surface area is 113 Å². The SMILES string of the molecule is CC(C)C1(C(=O)O)CCN(C(=O)C2CNCCO2)C1. The molecule has 2 unspecified atom stereocenters. The quantitative estimate of drug-likeness (QED) is 0.751. The second kappa shape index (κ2) is 5.46. The van der Waals surface area contributed by atoms with Gasteiger partial charge in [-0.3, -0.25) is 9.59 Å². The van der Waals surface area contributed by atoms with Crippen LogP contribution in [0.1, 0.15) is 20.3 Å². The Balaban J connectivity index is 2.04. The Morgan fingerprint density at radius 3 is 2.68 bits per heavy atom. The van der Waals surface area contributed by atoms with Crippen LogP contribution in [0.3, 0.4) is 0 Å². The van der Waals surface area contributed by atoms with Crippen LogP contribution in [0.2, 0.25) is 0 Å². The van der Waals surface area contributed by atoms with Gasteiger partial charge in [0, 0.05) is 26.2 Å². The molecule has 2 heterocycles. The zero-order chi connectivity index (χ0) is 14.0. The predicted octanol–water partition coefficient (Wildman–Crippen LogP) is -0.0659. The molecule has 0 saturated carbocycles. The molecule has 6 heteroatoms. The third-order valence-corrected chi connectivity index (χ3v) is 4.35. The monoisotopic (exact) mass is 270 g/mol. The maximum Gasteiger partial charge on any atom is 0.311 e. The molecular weight excluding hydrogens is 248 g/mol. The molecule has 2 N–H and O–H groups in total. The minimum Gasteiger partial charge on any atom is -0.481 e. The summed E-state index contributed by atoms with van der Waals surface area (Å²) in [5.74, 6) is -0.885. The van der Waals surface area contributed by atoms with Crippen molar-refractivity contribution in [2.75, 3.05) is 32.8 Å². The molecule has 0 aromatic heterocycles. The van der Waals surface area contributed by atoms with Crippen molar-refractivity contribution in [3.05, 3.63) is 0 Å². The van der Waals surface area contributed by atoms with Crippen LogP contribution in [0.15, 0.2) is 0 Å². The molecule has 0 aromatic carbocycles. The minimum absolute atomic E-state index is 0.00759. The first-order valence-corrected chi connectivity index (χ1v) is 6.82. The van der Waals surface area contributed by atoms with Crippen LogP contribution in [0, 0.1) is 11.3 Å². The Kier molecular flexibility index (Phi) is 4.10. The average molecular weight is 270 g/mol. The van der Waals surface area contributed by atoms with E-state index in [1.165, 1.54) is 0 Å². The number of hydrogen-bond acceptors (Lipinski definition) is 4. The second-order valence-corrected chi connectivity index (χ2v) is 5.69. The fourth-order valence-corrected chi connectivity index (χ4v) is 2.84. The summed E-state index contributed by atoms with van der Waals surface area (Å²) in [5, 5.41) is 12.6. The summed E-state index contributed by atoms with van der Waals surface area (Å²) >= 11 is 0. The Hall–Kier alpha value is -1.14. The van der Waals surface area contributed by atoms with Crippen LogP contribution in [0.4, 0.5) is 0 Å². The van der Waals surface area contributed by atoms with Crippen molar-refractivity contribution in [3.8, 4) is 0 Å². The number of ether oxygens (including phenoxy) is 1. The summed E-state index contributed by atoms with van der Waals surface area (Å²) in [6.07, 6.45) is 0.0526. The maximum absolute atomic E-state index is 12.3. The van der Waals surface area contributed by atoms with Gasteiger partial charge in [0.1, 0.15) is 6.10 Å². The Bertz CT molecular complexity index is 366. The van der Waals surface area contributed by atoms with Gasteiger partial charge in [0.25, 0.3) is 5.91 Å². The second-order valence-electron chi connectivity index (χ2n) is 5.69. The molecular formula is C13H22N2O4. The molecule has 19 heavy (non-hydrogen) atoms. The number of carbonyl (C=O) groups is 2. The zero-order valence-electron chi connectivity index (χ0n) is 11.5. The molecule has 2 rings (SSSR count). The summed E-state index contributed by atoms with van der Waals surface area (Å²) in [6, 6.07) is 0. The predicted molar refractivity (Wildman–Crippen MR) is 68.7 cm³/mol. The lowest BCUT2D eigenvalue weighted by atomic mass is 9.76. The molecule has 2 saturated heterocycles. The van der Waals surface area contributed by atoms with E-state index in [0.29, 0.717) is 32.7 Å². The number of likely N-dealkylation sites (tertiary alicyclic amines) is 1. The van der Waals surface area contributed by atoms with Crippen molar-refractivity contribution in [2.45, 2.75) is 26.4 Å². The number of carbonyl (C=O) groups excluding carboxylic acids is 1. The Morgan fingerprint density at radius 2 is 2.21 bits per heavy atom. The molecule has 0 radical (unpaired) electrons. The van der Waals surface area contributed by atoms with E-state index in [0.717, 1.165) is 6.54 Å². The molecule has 0 aliphatic carbocycles. The van der Waals surface area contributed by atoms with E-state index in [2.05, 4.69) is 5.32 Å². The summed E-state index contributed by atoms with van der Waals surface area (Å²) in [7, 11) is 0. The van der Waals surface area contributed by atoms with Gasteiger partial charge in [-0.1, -0.05) is 13.8 Å². The van der Waals surface area contributed by atoms with E-state index in [1.807, 2.05) is 13.8 Å². The fourth-order valence-electron chi connectivity index (χ4n) is 2.84. The third kappa shape index (κ3) is 2.60. The van der Waals surface area contributed by atoms with Gasteiger partial charge in [-0.2, -0.15) is 0 Å². The highest BCUT2D eigenvalue weighted by Crippen LogP contribution is 2.38. The van der Waals surface area contributed by atoms with Crippen LogP contribution in [0.25, 0.3) is 0 Å². The summed E-state index contributed by atoms with van der Waals surface area (Å²) in [4.78, 5) is 25.5. The standard InChI is InChI=1S/C13H22N2O4/c1-9(2)13(12(17)18)3-5-15(8-13)11(16)10-7-14-4-6-19-10/h9-10,14H,3-8H2,1-2H3,(H,17,18). The maximum atomic E-state index is 12.3. The molecule has 1 amide bonds. The van der Waals surface area contributed by atoms with Gasteiger partial charge >= 0.3 is 5.97 Å². The van der Waals surface area contributed by atoms with Crippen LogP contribution in [-0.4, -0.2) is 60.8 Å². The number of carboxylic acids is 1. The lowest BCUT2D eigenvalue weighted by molar-refractivity contribution is -0.152. The van der Waals surface area contributed by atoms with Crippen molar-refractivity contribution in [2.24, 2.45) is 11.3 Å². The van der Waals surface area contributed by atoms with Gasteiger partial charge in [0.15, 0.2) is 0 Å². The molecule has 2 fully saturated rings. The van der Waals surface area contributed by atoms with Crippen LogP contribution < -0.4 is 5.32 Å². The van der Waals surface area contributed by atoms with Crippen molar-refractivity contribution in [1.29, 1.82) is 0 Å². The molecule has 108 valence electrons. The van der Waals surface area contributed by atoms with E-state index in [-0.39, 0.29) is 11.8 Å². The average Bonchev–Trinajstić information content (AvgIpc) is 2.85. The van der Waals surface area contributed by atoms with Gasteiger partial charge < -0.3 is 20.1 Å². The summed E-state index contributed by atoms with van der Waals surface area (Å²) < 4.78 is 5.44. The number of amides is 1. The number of aliphatic carboxylic acids is 1. The minimum atomic E-state index is -0.808. The number of nitrogens with zero attached hydrogens (tertiary/aromatic N) is 1. The molecule has 2 aliphatic heterocycles. The molecule has 0 spiro atoms. The highest BCUT2D eigenvalue weighted by atomic mass is 16.5. The molecule has 2 atom stereocenters. The highest BCUT2D eigenvalue weighted by molar-refractivity contribution is 5.84. The molecule has 6 nitrogen and oxygen atoms in total. The topological polar surface area (TPSA) is 78.9 Å². The normalized spacial score (nSPS) is 31.7. The molecule has 0 bridgehead atoms. The lowest BCUT2D eigenvalue weighted by Gasteiger charge is -2.30. The summed E-state index contributed by atoms with van der Waals surface area (Å²) in [6.45, 7) is 6.40. The third-order valence-electron chi connectivity index (χ3n) is 4.35. The largest absolute Gasteiger partial charge is 0.481 e. The van der Waals surface area contributed by atoms with Crippen molar-refractivity contribution in [1.82, 2.24) is 10.2 Å². The van der Waals surface area contributed by atoms with Gasteiger partial charge in [-0.05, 0) is 12.3 Å². The first kappa shape index (κ1) is 14.3. The lowest BCUT2D eigenvalue weighted by Crippen LogP contribution is -2.50. The van der Waals surface area contributed by atoms with Crippen molar-refractivity contribution < 1.29 is 19.4 Å². The fraction of sp³-hybridized carbons (Fsp3) is 0.846. The number of carboxylic acid groups (broad SMARTS) is 1. The van der Waals surface area contributed by atoms with Crippen LogP contribution in [-0.2, 0) is 14.3 Å². The van der Waals surface area contributed by atoms with E-state index in [9.17, 15) is 14.7 Å².